The summed E-state index contributed by atoms with van der Waals surface area (Å²) in [6.07, 6.45) is 4.02. The molecule has 1 heterocycles. The monoisotopic (exact) mass is 408 g/mol. The quantitative estimate of drug-likeness (QED) is 0.357. The van der Waals surface area contributed by atoms with Crippen LogP contribution in [0.1, 0.15) is 63.4 Å². The summed E-state index contributed by atoms with van der Waals surface area (Å²) < 4.78 is 15.9. The predicted octanol–water partition coefficient (Wildman–Crippen LogP) is 4.73. The standard InChI is InChI=1S/C24H24O6/c1-14(2)10-11-15(22(26)20-9-6-12-30-20)18-13-19(25)16-7-5-8-17(21(16)23(18)27)24(28-3)29-4/h5-10,12-13,15,24H,11H2,1-4H3. The Hall–Kier alpha value is -3.09. The Morgan fingerprint density at radius 1 is 1.10 bits per heavy atom. The Labute approximate surface area is 175 Å². The number of furan rings is 1. The first-order valence-electron chi connectivity index (χ1n) is 9.59. The molecule has 156 valence electrons. The van der Waals surface area contributed by atoms with Gasteiger partial charge in [0.15, 0.2) is 23.6 Å². The maximum Gasteiger partial charge on any atom is 0.205 e. The van der Waals surface area contributed by atoms with Crippen LogP contribution in [0.5, 0.6) is 0 Å². The van der Waals surface area contributed by atoms with Gasteiger partial charge in [0, 0.05) is 36.5 Å². The zero-order valence-corrected chi connectivity index (χ0v) is 17.4. The Morgan fingerprint density at radius 3 is 2.43 bits per heavy atom. The molecule has 0 spiro atoms. The van der Waals surface area contributed by atoms with Gasteiger partial charge < -0.3 is 13.9 Å². The Balaban J connectivity index is 2.11. The molecule has 1 aromatic heterocycles. The van der Waals surface area contributed by atoms with Crippen LogP contribution < -0.4 is 0 Å². The maximum absolute atomic E-state index is 13.5. The number of ether oxygens (including phenoxy) is 2. The number of carbonyl (C=O) groups excluding carboxylic acids is 3. The average molecular weight is 408 g/mol. The van der Waals surface area contributed by atoms with E-state index in [0.717, 1.165) is 5.57 Å². The largest absolute Gasteiger partial charge is 0.461 e. The van der Waals surface area contributed by atoms with Crippen LogP contribution in [0.4, 0.5) is 0 Å². The average Bonchev–Trinajstić information content (AvgIpc) is 3.27. The molecule has 0 N–H and O–H groups in total. The number of hydrogen-bond acceptors (Lipinski definition) is 6. The predicted molar refractivity (Wildman–Crippen MR) is 111 cm³/mol. The molecular formula is C24H24O6. The molecule has 30 heavy (non-hydrogen) atoms. The lowest BCUT2D eigenvalue weighted by Gasteiger charge is -2.25. The zero-order valence-electron chi connectivity index (χ0n) is 17.4. The molecule has 0 amide bonds. The van der Waals surface area contributed by atoms with Gasteiger partial charge in [0.25, 0.3) is 0 Å². The summed E-state index contributed by atoms with van der Waals surface area (Å²) in [7, 11) is 2.91. The highest BCUT2D eigenvalue weighted by molar-refractivity contribution is 6.27. The van der Waals surface area contributed by atoms with Crippen molar-refractivity contribution in [2.75, 3.05) is 14.2 Å². The molecule has 6 nitrogen and oxygen atoms in total. The second-order valence-corrected chi connectivity index (χ2v) is 7.28. The Morgan fingerprint density at radius 2 is 1.83 bits per heavy atom. The summed E-state index contributed by atoms with van der Waals surface area (Å²) in [5.41, 5.74) is 2.08. The molecule has 0 radical (unpaired) electrons. The van der Waals surface area contributed by atoms with E-state index >= 15 is 0 Å². The highest BCUT2D eigenvalue weighted by Crippen LogP contribution is 2.34. The lowest BCUT2D eigenvalue weighted by molar-refractivity contribution is -0.106. The summed E-state index contributed by atoms with van der Waals surface area (Å²) >= 11 is 0. The Bertz CT molecular complexity index is 1020. The van der Waals surface area contributed by atoms with E-state index in [-0.39, 0.29) is 46.2 Å². The number of allylic oxidation sites excluding steroid dienone is 4. The summed E-state index contributed by atoms with van der Waals surface area (Å²) in [5.74, 6) is -1.75. The van der Waals surface area contributed by atoms with E-state index in [2.05, 4.69) is 0 Å². The van der Waals surface area contributed by atoms with Crippen molar-refractivity contribution >= 4 is 17.3 Å². The fourth-order valence-corrected chi connectivity index (χ4v) is 3.58. The number of fused-ring (bicyclic) bond motifs is 1. The third-order valence-corrected chi connectivity index (χ3v) is 5.04. The summed E-state index contributed by atoms with van der Waals surface area (Å²) in [4.78, 5) is 39.6. The normalized spacial score (nSPS) is 14.4. The van der Waals surface area contributed by atoms with Crippen LogP contribution in [-0.4, -0.2) is 31.6 Å². The van der Waals surface area contributed by atoms with Gasteiger partial charge >= 0.3 is 0 Å². The van der Waals surface area contributed by atoms with Crippen molar-refractivity contribution in [1.82, 2.24) is 0 Å². The van der Waals surface area contributed by atoms with E-state index in [0.29, 0.717) is 5.56 Å². The van der Waals surface area contributed by atoms with Gasteiger partial charge in [-0.05, 0) is 38.5 Å². The van der Waals surface area contributed by atoms with Crippen LogP contribution >= 0.6 is 0 Å². The first kappa shape index (κ1) is 21.6. The molecule has 0 saturated heterocycles. The zero-order chi connectivity index (χ0) is 21.8. The van der Waals surface area contributed by atoms with E-state index in [1.165, 1.54) is 26.6 Å². The number of ketones is 3. The molecule has 2 aromatic rings. The van der Waals surface area contributed by atoms with E-state index < -0.39 is 12.2 Å². The molecule has 6 heteroatoms. The lowest BCUT2D eigenvalue weighted by atomic mass is 9.78. The molecule has 0 aliphatic heterocycles. The first-order chi connectivity index (χ1) is 14.4. The van der Waals surface area contributed by atoms with E-state index in [9.17, 15) is 14.4 Å². The van der Waals surface area contributed by atoms with Crippen LogP contribution in [-0.2, 0) is 9.47 Å². The van der Waals surface area contributed by atoms with Gasteiger partial charge in [-0.3, -0.25) is 14.4 Å². The van der Waals surface area contributed by atoms with Crippen LogP contribution in [0.3, 0.4) is 0 Å². The molecule has 1 aliphatic carbocycles. The molecule has 1 aromatic carbocycles. The number of rotatable bonds is 8. The van der Waals surface area contributed by atoms with E-state index in [4.69, 9.17) is 13.9 Å². The topological polar surface area (TPSA) is 82.8 Å². The van der Waals surface area contributed by atoms with Gasteiger partial charge in [-0.25, -0.2) is 0 Å². The fourth-order valence-electron chi connectivity index (χ4n) is 3.58. The first-order valence-corrected chi connectivity index (χ1v) is 9.59. The molecule has 1 aliphatic rings. The number of methoxy groups -OCH3 is 2. The van der Waals surface area contributed by atoms with Crippen molar-refractivity contribution in [3.8, 4) is 0 Å². The molecule has 3 rings (SSSR count). The Kier molecular flexibility index (Phi) is 6.59. The smallest absolute Gasteiger partial charge is 0.205 e. The number of hydrogen-bond donors (Lipinski definition) is 0. The van der Waals surface area contributed by atoms with Crippen LogP contribution in [0.15, 0.2) is 64.3 Å². The van der Waals surface area contributed by atoms with Crippen molar-refractivity contribution in [2.24, 2.45) is 5.92 Å². The molecule has 1 unspecified atom stereocenters. The molecule has 0 fully saturated rings. The SMILES string of the molecule is COC(OC)c1cccc2c1C(=O)C(C(CC=C(C)C)C(=O)c1ccco1)=CC2=O. The molecule has 1 atom stereocenters. The minimum Gasteiger partial charge on any atom is -0.461 e. The van der Waals surface area contributed by atoms with Crippen molar-refractivity contribution in [2.45, 2.75) is 26.6 Å². The third-order valence-electron chi connectivity index (χ3n) is 5.04. The molecule has 0 saturated carbocycles. The molecular weight excluding hydrogens is 384 g/mol. The van der Waals surface area contributed by atoms with Gasteiger partial charge in [0.05, 0.1) is 12.2 Å². The van der Waals surface area contributed by atoms with Gasteiger partial charge in [-0.1, -0.05) is 29.8 Å². The van der Waals surface area contributed by atoms with Crippen LogP contribution in [0, 0.1) is 5.92 Å². The van der Waals surface area contributed by atoms with Gasteiger partial charge in [-0.2, -0.15) is 0 Å². The minimum atomic E-state index is -0.841. The highest BCUT2D eigenvalue weighted by Gasteiger charge is 2.37. The van der Waals surface area contributed by atoms with Crippen molar-refractivity contribution in [3.05, 3.63) is 82.3 Å². The van der Waals surface area contributed by atoms with Gasteiger partial charge in [-0.15, -0.1) is 0 Å². The summed E-state index contributed by atoms with van der Waals surface area (Å²) in [5, 5.41) is 0. The summed E-state index contributed by atoms with van der Waals surface area (Å²) in [6, 6.07) is 8.12. The number of Topliss-reactive ketones (excluding diaryl/α,β-unsaturated/α-hetero) is 2. The molecule has 0 bridgehead atoms. The second kappa shape index (κ2) is 9.15. The number of carbonyl (C=O) groups is 3. The van der Waals surface area contributed by atoms with Crippen molar-refractivity contribution in [3.63, 3.8) is 0 Å². The lowest BCUT2D eigenvalue weighted by Crippen LogP contribution is -2.28. The van der Waals surface area contributed by atoms with Gasteiger partial charge in [0.2, 0.25) is 5.78 Å². The van der Waals surface area contributed by atoms with Crippen molar-refractivity contribution in [1.29, 1.82) is 0 Å². The summed E-state index contributed by atoms with van der Waals surface area (Å²) in [6.45, 7) is 3.82. The van der Waals surface area contributed by atoms with E-state index in [1.54, 1.807) is 30.3 Å². The van der Waals surface area contributed by atoms with Gasteiger partial charge in [0.1, 0.15) is 0 Å². The van der Waals surface area contributed by atoms with E-state index in [1.807, 2.05) is 19.9 Å². The second-order valence-electron chi connectivity index (χ2n) is 7.28. The third kappa shape index (κ3) is 4.10. The fraction of sp³-hybridized carbons (Fsp3) is 0.292. The highest BCUT2D eigenvalue weighted by atomic mass is 16.7. The van der Waals surface area contributed by atoms with Crippen LogP contribution in [0.25, 0.3) is 0 Å². The van der Waals surface area contributed by atoms with Crippen molar-refractivity contribution < 1.29 is 28.3 Å². The maximum atomic E-state index is 13.5. The van der Waals surface area contributed by atoms with Crippen LogP contribution in [0.2, 0.25) is 0 Å². The number of benzene rings is 1. The minimum absolute atomic E-state index is 0.143.